The molecule has 0 fully saturated rings. The summed E-state index contributed by atoms with van der Waals surface area (Å²) in [4.78, 5) is 26.4. The Labute approximate surface area is 114 Å². The van der Waals surface area contributed by atoms with E-state index in [-0.39, 0.29) is 11.6 Å². The number of carbonyl (C=O) groups excluding carboxylic acids is 2. The van der Waals surface area contributed by atoms with Crippen LogP contribution < -0.4 is 10.6 Å². The minimum absolute atomic E-state index is 0.0964. The van der Waals surface area contributed by atoms with Crippen LogP contribution in [0.4, 0.5) is 20.7 Å². The van der Waals surface area contributed by atoms with Crippen molar-refractivity contribution in [2.24, 2.45) is 0 Å². The van der Waals surface area contributed by atoms with Gasteiger partial charge < -0.3 is 5.32 Å². The molecule has 0 radical (unpaired) electrons. The lowest BCUT2D eigenvalue weighted by atomic mass is 10.1. The molecule has 0 spiro atoms. The number of nitrogens with one attached hydrogen (secondary N) is 2. The normalized spacial score (nSPS) is 9.90. The summed E-state index contributed by atoms with van der Waals surface area (Å²) < 4.78 is 12.9. The second-order valence-corrected chi connectivity index (χ2v) is 4.06. The number of amides is 2. The van der Waals surface area contributed by atoms with E-state index in [9.17, 15) is 14.0 Å². The number of carbonyl (C=O) groups is 2. The van der Waals surface area contributed by atoms with Crippen LogP contribution in [-0.2, 0) is 0 Å². The van der Waals surface area contributed by atoms with Crippen molar-refractivity contribution < 1.29 is 14.0 Å². The standard InChI is InChI=1S/C14H12FN3O2/c1-9(19)10-4-2-5-11(8-10)16-14(20)18-13-7-3-6-12(15)17-13/h2-8H,1H3,(H2,16,17,18,20). The minimum atomic E-state index is -0.679. The third kappa shape index (κ3) is 3.61. The molecule has 2 N–H and O–H groups in total. The molecule has 0 unspecified atom stereocenters. The molecule has 1 aromatic carbocycles. The largest absolute Gasteiger partial charge is 0.324 e. The maximum absolute atomic E-state index is 12.9. The summed E-state index contributed by atoms with van der Waals surface area (Å²) in [6.07, 6.45) is 0. The van der Waals surface area contributed by atoms with Crippen molar-refractivity contribution in [2.45, 2.75) is 6.92 Å². The number of halogens is 1. The van der Waals surface area contributed by atoms with Crippen molar-refractivity contribution >= 4 is 23.3 Å². The maximum atomic E-state index is 12.9. The predicted molar refractivity (Wildman–Crippen MR) is 73.3 cm³/mol. The van der Waals surface area contributed by atoms with Gasteiger partial charge in [-0.05, 0) is 31.2 Å². The average Bonchev–Trinajstić information content (AvgIpc) is 2.38. The van der Waals surface area contributed by atoms with Crippen LogP contribution in [0.25, 0.3) is 0 Å². The first-order valence-corrected chi connectivity index (χ1v) is 5.86. The Kier molecular flexibility index (Phi) is 4.05. The highest BCUT2D eigenvalue weighted by Crippen LogP contribution is 2.12. The van der Waals surface area contributed by atoms with Gasteiger partial charge in [0.05, 0.1) is 0 Å². The fourth-order valence-electron chi connectivity index (χ4n) is 1.57. The van der Waals surface area contributed by atoms with Gasteiger partial charge in [0.2, 0.25) is 5.95 Å². The fourth-order valence-corrected chi connectivity index (χ4v) is 1.57. The maximum Gasteiger partial charge on any atom is 0.324 e. The molecule has 2 rings (SSSR count). The molecule has 5 nitrogen and oxygen atoms in total. The molecule has 102 valence electrons. The van der Waals surface area contributed by atoms with Crippen LogP contribution in [0.3, 0.4) is 0 Å². The number of urea groups is 1. The van der Waals surface area contributed by atoms with Crippen LogP contribution in [0, 0.1) is 5.95 Å². The molecular weight excluding hydrogens is 261 g/mol. The Morgan fingerprint density at radius 1 is 1.10 bits per heavy atom. The summed E-state index contributed by atoms with van der Waals surface area (Å²) in [6.45, 7) is 1.44. The van der Waals surface area contributed by atoms with Crippen LogP contribution in [0.2, 0.25) is 0 Å². The summed E-state index contributed by atoms with van der Waals surface area (Å²) in [5, 5.41) is 4.93. The number of anilines is 2. The highest BCUT2D eigenvalue weighted by atomic mass is 19.1. The summed E-state index contributed by atoms with van der Waals surface area (Å²) >= 11 is 0. The number of pyridine rings is 1. The van der Waals surface area contributed by atoms with Crippen LogP contribution in [0.1, 0.15) is 17.3 Å². The zero-order valence-electron chi connectivity index (χ0n) is 10.7. The van der Waals surface area contributed by atoms with Gasteiger partial charge in [-0.15, -0.1) is 0 Å². The third-order valence-electron chi connectivity index (χ3n) is 2.48. The van der Waals surface area contributed by atoms with Gasteiger partial charge in [-0.1, -0.05) is 18.2 Å². The van der Waals surface area contributed by atoms with Crippen molar-refractivity contribution in [1.29, 1.82) is 0 Å². The number of Topliss-reactive ketones (excluding diaryl/α,β-unsaturated/α-hetero) is 1. The van der Waals surface area contributed by atoms with Crippen LogP contribution in [0.15, 0.2) is 42.5 Å². The van der Waals surface area contributed by atoms with Gasteiger partial charge in [0.25, 0.3) is 0 Å². The van der Waals surface area contributed by atoms with Crippen molar-refractivity contribution in [3.63, 3.8) is 0 Å². The molecule has 0 aliphatic heterocycles. The predicted octanol–water partition coefficient (Wildman–Crippen LogP) is 3.07. The number of ketones is 1. The van der Waals surface area contributed by atoms with Crippen molar-refractivity contribution in [2.75, 3.05) is 10.6 Å². The molecular formula is C14H12FN3O2. The molecule has 1 heterocycles. The lowest BCUT2D eigenvalue weighted by molar-refractivity contribution is 0.101. The smallest absolute Gasteiger partial charge is 0.308 e. The van der Waals surface area contributed by atoms with E-state index < -0.39 is 12.0 Å². The van der Waals surface area contributed by atoms with Crippen molar-refractivity contribution in [3.8, 4) is 0 Å². The number of aromatic nitrogens is 1. The molecule has 0 aliphatic rings. The zero-order valence-corrected chi connectivity index (χ0v) is 10.7. The molecule has 2 amide bonds. The highest BCUT2D eigenvalue weighted by Gasteiger charge is 2.06. The zero-order chi connectivity index (χ0) is 14.5. The highest BCUT2D eigenvalue weighted by molar-refractivity contribution is 6.00. The van der Waals surface area contributed by atoms with E-state index in [0.717, 1.165) is 0 Å². The molecule has 0 bridgehead atoms. The first-order valence-electron chi connectivity index (χ1n) is 5.86. The first-order chi connectivity index (χ1) is 9.54. The molecule has 0 atom stereocenters. The van der Waals surface area contributed by atoms with Crippen LogP contribution >= 0.6 is 0 Å². The Bertz CT molecular complexity index is 658. The number of nitrogens with zero attached hydrogens (tertiary/aromatic N) is 1. The lowest BCUT2D eigenvalue weighted by Gasteiger charge is -2.07. The van der Waals surface area contributed by atoms with Gasteiger partial charge in [0.15, 0.2) is 5.78 Å². The summed E-state index contributed by atoms with van der Waals surface area (Å²) in [7, 11) is 0. The van der Waals surface area contributed by atoms with E-state index in [1.807, 2.05) is 0 Å². The Balaban J connectivity index is 2.04. The topological polar surface area (TPSA) is 71.1 Å². The summed E-state index contributed by atoms with van der Waals surface area (Å²) in [5.41, 5.74) is 0.957. The Morgan fingerprint density at radius 2 is 1.85 bits per heavy atom. The Hall–Kier alpha value is -2.76. The van der Waals surface area contributed by atoms with Gasteiger partial charge in [0, 0.05) is 11.3 Å². The summed E-state index contributed by atoms with van der Waals surface area (Å²) in [5.74, 6) is -0.674. The van der Waals surface area contributed by atoms with E-state index in [1.165, 1.54) is 25.1 Å². The molecule has 2 aromatic rings. The van der Waals surface area contributed by atoms with E-state index in [4.69, 9.17) is 0 Å². The van der Waals surface area contributed by atoms with Gasteiger partial charge in [0.1, 0.15) is 5.82 Å². The average molecular weight is 273 g/mol. The van der Waals surface area contributed by atoms with E-state index in [0.29, 0.717) is 11.3 Å². The lowest BCUT2D eigenvalue weighted by Crippen LogP contribution is -2.20. The SMILES string of the molecule is CC(=O)c1cccc(NC(=O)Nc2cccc(F)n2)c1. The van der Waals surface area contributed by atoms with Crippen molar-refractivity contribution in [1.82, 2.24) is 4.98 Å². The van der Waals surface area contributed by atoms with Gasteiger partial charge in [-0.25, -0.2) is 9.78 Å². The van der Waals surface area contributed by atoms with E-state index in [1.54, 1.807) is 24.3 Å². The summed E-state index contributed by atoms with van der Waals surface area (Å²) in [6, 6.07) is 10.0. The molecule has 0 saturated heterocycles. The van der Waals surface area contributed by atoms with Crippen LogP contribution in [-0.4, -0.2) is 16.8 Å². The van der Waals surface area contributed by atoms with E-state index >= 15 is 0 Å². The number of hydrogen-bond donors (Lipinski definition) is 2. The number of benzene rings is 1. The number of rotatable bonds is 3. The van der Waals surface area contributed by atoms with Gasteiger partial charge >= 0.3 is 6.03 Å². The monoisotopic (exact) mass is 273 g/mol. The second-order valence-electron chi connectivity index (χ2n) is 4.06. The molecule has 0 saturated carbocycles. The quantitative estimate of drug-likeness (QED) is 0.667. The number of hydrogen-bond acceptors (Lipinski definition) is 3. The molecule has 6 heteroatoms. The van der Waals surface area contributed by atoms with E-state index in [2.05, 4.69) is 15.6 Å². The van der Waals surface area contributed by atoms with Crippen LogP contribution in [0.5, 0.6) is 0 Å². The third-order valence-corrected chi connectivity index (χ3v) is 2.48. The molecule has 1 aromatic heterocycles. The van der Waals surface area contributed by atoms with Gasteiger partial charge in [-0.2, -0.15) is 4.39 Å². The van der Waals surface area contributed by atoms with Gasteiger partial charge in [-0.3, -0.25) is 10.1 Å². The minimum Gasteiger partial charge on any atom is -0.308 e. The second kappa shape index (κ2) is 5.92. The first kappa shape index (κ1) is 13.7. The van der Waals surface area contributed by atoms with Crippen molar-refractivity contribution in [3.05, 3.63) is 54.0 Å². The molecule has 20 heavy (non-hydrogen) atoms. The fraction of sp³-hybridized carbons (Fsp3) is 0.0714. The Morgan fingerprint density at radius 3 is 2.55 bits per heavy atom. The molecule has 0 aliphatic carbocycles.